The molecule has 0 heterocycles. The number of amides is 2. The van der Waals surface area contributed by atoms with Gasteiger partial charge in [0.1, 0.15) is 5.75 Å². The van der Waals surface area contributed by atoms with Crippen molar-refractivity contribution in [3.05, 3.63) is 57.0 Å². The summed E-state index contributed by atoms with van der Waals surface area (Å²) in [6.45, 7) is 1.87. The van der Waals surface area contributed by atoms with Crippen LogP contribution in [0.2, 0.25) is 5.02 Å². The van der Waals surface area contributed by atoms with Crippen LogP contribution in [-0.2, 0) is 9.59 Å². The van der Waals surface area contributed by atoms with E-state index >= 15 is 0 Å². The number of carbonyl (C=O) groups is 2. The molecule has 0 saturated heterocycles. The number of hydrazone groups is 1. The Morgan fingerprint density at radius 3 is 2.62 bits per heavy atom. The quantitative estimate of drug-likeness (QED) is 0.470. The van der Waals surface area contributed by atoms with Crippen molar-refractivity contribution in [2.75, 3.05) is 5.32 Å². The molecule has 0 aliphatic rings. The van der Waals surface area contributed by atoms with Gasteiger partial charge in [0.25, 0.3) is 0 Å². The first-order valence-electron chi connectivity index (χ1n) is 7.71. The average molecular weight is 439 g/mol. The third kappa shape index (κ3) is 6.16. The van der Waals surface area contributed by atoms with Crippen LogP contribution in [-0.4, -0.2) is 23.1 Å². The van der Waals surface area contributed by atoms with Gasteiger partial charge in [-0.05, 0) is 64.3 Å². The van der Waals surface area contributed by atoms with Crippen LogP contribution in [0.25, 0.3) is 0 Å². The Bertz CT molecular complexity index is 856. The number of aryl methyl sites for hydroxylation is 1. The molecule has 0 aliphatic heterocycles. The van der Waals surface area contributed by atoms with Gasteiger partial charge >= 0.3 is 0 Å². The number of nitrogens with one attached hydrogen (secondary N) is 2. The minimum atomic E-state index is -0.379. The predicted molar refractivity (Wildman–Crippen MR) is 106 cm³/mol. The molecule has 0 radical (unpaired) electrons. The predicted octanol–water partition coefficient (Wildman–Crippen LogP) is 3.99. The standard InChI is InChI=1S/C18H17BrClN3O3/c1-11-2-4-13(9-15(11)20)22-17(25)6-7-18(26)23-21-10-12-3-5-16(24)14(19)8-12/h2-5,8-10,24H,6-7H2,1H3,(H,22,25)(H,23,26). The normalized spacial score (nSPS) is 10.7. The maximum Gasteiger partial charge on any atom is 0.240 e. The Labute approximate surface area is 164 Å². The summed E-state index contributed by atoms with van der Waals surface area (Å²) in [5.74, 6) is -0.547. The van der Waals surface area contributed by atoms with E-state index in [0.717, 1.165) is 5.56 Å². The lowest BCUT2D eigenvalue weighted by atomic mass is 10.2. The SMILES string of the molecule is Cc1ccc(NC(=O)CCC(=O)NN=Cc2ccc(O)c(Br)c2)cc1Cl. The Hall–Kier alpha value is -2.38. The van der Waals surface area contributed by atoms with Gasteiger partial charge in [0.2, 0.25) is 11.8 Å². The molecule has 0 fully saturated rings. The van der Waals surface area contributed by atoms with E-state index in [0.29, 0.717) is 20.7 Å². The smallest absolute Gasteiger partial charge is 0.240 e. The number of nitrogens with zero attached hydrogens (tertiary/aromatic N) is 1. The van der Waals surface area contributed by atoms with Crippen LogP contribution < -0.4 is 10.7 Å². The maximum absolute atomic E-state index is 11.9. The van der Waals surface area contributed by atoms with Gasteiger partial charge in [0.05, 0.1) is 10.7 Å². The molecule has 0 atom stereocenters. The summed E-state index contributed by atoms with van der Waals surface area (Å²) in [7, 11) is 0. The molecule has 0 aromatic heterocycles. The Kier molecular flexibility index (Phi) is 7.17. The van der Waals surface area contributed by atoms with E-state index in [2.05, 4.69) is 31.8 Å². The van der Waals surface area contributed by atoms with E-state index in [1.54, 1.807) is 30.3 Å². The largest absolute Gasteiger partial charge is 0.507 e. The monoisotopic (exact) mass is 437 g/mol. The summed E-state index contributed by atoms with van der Waals surface area (Å²) in [6, 6.07) is 10.0. The molecule has 0 saturated carbocycles. The minimum Gasteiger partial charge on any atom is -0.507 e. The summed E-state index contributed by atoms with van der Waals surface area (Å²) in [5, 5.41) is 16.5. The Morgan fingerprint density at radius 1 is 1.19 bits per heavy atom. The van der Waals surface area contributed by atoms with Crippen molar-refractivity contribution in [3.63, 3.8) is 0 Å². The minimum absolute atomic E-state index is 0.00202. The first-order valence-corrected chi connectivity index (χ1v) is 8.88. The van der Waals surface area contributed by atoms with Gasteiger partial charge in [-0.15, -0.1) is 0 Å². The van der Waals surface area contributed by atoms with Gasteiger partial charge in [-0.1, -0.05) is 17.7 Å². The highest BCUT2D eigenvalue weighted by atomic mass is 79.9. The van der Waals surface area contributed by atoms with Crippen LogP contribution in [0, 0.1) is 6.92 Å². The van der Waals surface area contributed by atoms with E-state index in [4.69, 9.17) is 11.6 Å². The van der Waals surface area contributed by atoms with Crippen LogP contribution in [0.4, 0.5) is 5.69 Å². The first kappa shape index (κ1) is 19.9. The zero-order valence-corrected chi connectivity index (χ0v) is 16.3. The molecule has 26 heavy (non-hydrogen) atoms. The number of phenolic OH excluding ortho intramolecular Hbond substituents is 1. The third-order valence-corrected chi connectivity index (χ3v) is 4.45. The molecule has 0 spiro atoms. The van der Waals surface area contributed by atoms with Crippen LogP contribution >= 0.6 is 27.5 Å². The molecule has 2 amide bonds. The molecule has 2 aromatic rings. The molecule has 2 rings (SSSR count). The van der Waals surface area contributed by atoms with Crippen molar-refractivity contribution >= 4 is 51.2 Å². The van der Waals surface area contributed by atoms with E-state index < -0.39 is 0 Å². The van der Waals surface area contributed by atoms with Crippen LogP contribution in [0.1, 0.15) is 24.0 Å². The van der Waals surface area contributed by atoms with Gasteiger partial charge in [0, 0.05) is 23.6 Å². The number of rotatable bonds is 6. The fourth-order valence-corrected chi connectivity index (χ4v) is 2.54. The second-order valence-corrected chi connectivity index (χ2v) is 6.78. The highest BCUT2D eigenvalue weighted by Gasteiger charge is 2.07. The van der Waals surface area contributed by atoms with Crippen molar-refractivity contribution in [1.82, 2.24) is 5.43 Å². The average Bonchev–Trinajstić information content (AvgIpc) is 2.59. The summed E-state index contributed by atoms with van der Waals surface area (Å²) >= 11 is 9.19. The number of phenols is 1. The molecule has 0 bridgehead atoms. The number of hydrogen-bond donors (Lipinski definition) is 3. The van der Waals surface area contributed by atoms with Gasteiger partial charge in [-0.3, -0.25) is 9.59 Å². The van der Waals surface area contributed by atoms with E-state index in [1.807, 2.05) is 6.92 Å². The number of halogens is 2. The van der Waals surface area contributed by atoms with E-state index in [-0.39, 0.29) is 30.4 Å². The van der Waals surface area contributed by atoms with Crippen molar-refractivity contribution in [2.45, 2.75) is 19.8 Å². The fraction of sp³-hybridized carbons (Fsp3) is 0.167. The number of hydrogen-bond acceptors (Lipinski definition) is 4. The number of carbonyl (C=O) groups excluding carboxylic acids is 2. The van der Waals surface area contributed by atoms with Crippen LogP contribution in [0.15, 0.2) is 46.0 Å². The second-order valence-electron chi connectivity index (χ2n) is 5.52. The number of anilines is 1. The lowest BCUT2D eigenvalue weighted by Crippen LogP contribution is -2.20. The highest BCUT2D eigenvalue weighted by Crippen LogP contribution is 2.23. The number of benzene rings is 2. The van der Waals surface area contributed by atoms with E-state index in [1.165, 1.54) is 12.3 Å². The summed E-state index contributed by atoms with van der Waals surface area (Å²) in [6.07, 6.45) is 1.47. The topological polar surface area (TPSA) is 90.8 Å². The molecule has 6 nitrogen and oxygen atoms in total. The first-order chi connectivity index (χ1) is 12.3. The van der Waals surface area contributed by atoms with Gasteiger partial charge in [0.15, 0.2) is 0 Å². The lowest BCUT2D eigenvalue weighted by Gasteiger charge is -2.06. The maximum atomic E-state index is 11.9. The molecular formula is C18H17BrClN3O3. The molecule has 2 aromatic carbocycles. The van der Waals surface area contributed by atoms with Crippen LogP contribution in [0.5, 0.6) is 5.75 Å². The fourth-order valence-electron chi connectivity index (χ4n) is 1.96. The van der Waals surface area contributed by atoms with Crippen molar-refractivity contribution in [1.29, 1.82) is 0 Å². The van der Waals surface area contributed by atoms with Gasteiger partial charge in [-0.25, -0.2) is 5.43 Å². The van der Waals surface area contributed by atoms with Crippen LogP contribution in [0.3, 0.4) is 0 Å². The number of aromatic hydroxyl groups is 1. The zero-order valence-electron chi connectivity index (χ0n) is 13.9. The summed E-state index contributed by atoms with van der Waals surface area (Å²) in [5.41, 5.74) is 4.55. The van der Waals surface area contributed by atoms with Gasteiger partial charge in [-0.2, -0.15) is 5.10 Å². The molecule has 0 unspecified atom stereocenters. The zero-order chi connectivity index (χ0) is 19.1. The Balaban J connectivity index is 1.77. The summed E-state index contributed by atoms with van der Waals surface area (Å²) < 4.78 is 0.528. The lowest BCUT2D eigenvalue weighted by molar-refractivity contribution is -0.124. The summed E-state index contributed by atoms with van der Waals surface area (Å²) in [4.78, 5) is 23.6. The van der Waals surface area contributed by atoms with Crippen molar-refractivity contribution in [3.8, 4) is 5.75 Å². The molecular weight excluding hydrogens is 422 g/mol. The molecule has 136 valence electrons. The van der Waals surface area contributed by atoms with Gasteiger partial charge < -0.3 is 10.4 Å². The van der Waals surface area contributed by atoms with E-state index in [9.17, 15) is 14.7 Å². The molecule has 0 aliphatic carbocycles. The van der Waals surface area contributed by atoms with Crippen molar-refractivity contribution < 1.29 is 14.7 Å². The highest BCUT2D eigenvalue weighted by molar-refractivity contribution is 9.10. The molecule has 8 heteroatoms. The Morgan fingerprint density at radius 2 is 1.92 bits per heavy atom. The van der Waals surface area contributed by atoms with Crippen molar-refractivity contribution in [2.24, 2.45) is 5.10 Å². The second kappa shape index (κ2) is 9.35. The third-order valence-electron chi connectivity index (χ3n) is 3.41. The molecule has 3 N–H and O–H groups in total.